The highest BCUT2D eigenvalue weighted by atomic mass is 32.1. The van der Waals surface area contributed by atoms with Crippen molar-refractivity contribution in [3.8, 4) is 5.75 Å². The molecule has 1 rings (SSSR count). The largest absolute Gasteiger partial charge is 0.488 e. The lowest BCUT2D eigenvalue weighted by molar-refractivity contribution is -0.154. The summed E-state index contributed by atoms with van der Waals surface area (Å²) in [5, 5.41) is 0. The van der Waals surface area contributed by atoms with Crippen molar-refractivity contribution in [2.45, 2.75) is 65.6 Å². The van der Waals surface area contributed by atoms with Crippen molar-refractivity contribution in [2.24, 2.45) is 0 Å². The summed E-state index contributed by atoms with van der Waals surface area (Å²) in [6.45, 7) is 11.7. The molecule has 0 unspecified atom stereocenters. The number of carbonyl (C=O) groups is 1. The van der Waals surface area contributed by atoms with Crippen LogP contribution < -0.4 is 4.74 Å². The van der Waals surface area contributed by atoms with Gasteiger partial charge in [-0.2, -0.15) is 13.5 Å². The Hall–Kier alpha value is -1.16. The molecule has 21 heavy (non-hydrogen) atoms. The number of aryl methyl sites for hydroxylation is 1. The lowest BCUT2D eigenvalue weighted by atomic mass is 10.1. The second kappa shape index (κ2) is 7.74. The molecule has 120 valence electrons. The Morgan fingerprint density at radius 3 is 1.90 bits per heavy atom. The standard InChI is InChI=1S/C17H26O3.H2S/c1-16(2,3)19-14-10-7-13(8-11-14)9-12-15(18)20-17(4,5)6;/h7-8,10-11H,9,12H2,1-6H3;1H2. The zero-order valence-corrected chi connectivity index (χ0v) is 14.9. The van der Waals surface area contributed by atoms with Crippen LogP contribution in [-0.4, -0.2) is 17.2 Å². The zero-order chi connectivity index (χ0) is 15.4. The molecule has 0 N–H and O–H groups in total. The summed E-state index contributed by atoms with van der Waals surface area (Å²) < 4.78 is 11.0. The summed E-state index contributed by atoms with van der Waals surface area (Å²) >= 11 is 0. The Bertz CT molecular complexity index is 439. The van der Waals surface area contributed by atoms with Crippen molar-refractivity contribution in [3.05, 3.63) is 29.8 Å². The van der Waals surface area contributed by atoms with E-state index in [9.17, 15) is 4.79 Å². The van der Waals surface area contributed by atoms with Gasteiger partial charge in [0.05, 0.1) is 0 Å². The molecule has 1 aromatic rings. The summed E-state index contributed by atoms with van der Waals surface area (Å²) in [4.78, 5) is 11.6. The van der Waals surface area contributed by atoms with Gasteiger partial charge in [-0.05, 0) is 65.7 Å². The number of carbonyl (C=O) groups excluding carboxylic acids is 1. The van der Waals surface area contributed by atoms with E-state index in [-0.39, 0.29) is 25.1 Å². The van der Waals surface area contributed by atoms with Crippen LogP contribution in [0.5, 0.6) is 5.75 Å². The number of esters is 1. The molecule has 0 bridgehead atoms. The predicted octanol–water partition coefficient (Wildman–Crippen LogP) is 4.25. The van der Waals surface area contributed by atoms with Crippen LogP contribution in [0.3, 0.4) is 0 Å². The molecular formula is C17H28O3S. The van der Waals surface area contributed by atoms with E-state index >= 15 is 0 Å². The van der Waals surface area contributed by atoms with Gasteiger partial charge in [-0.15, -0.1) is 0 Å². The summed E-state index contributed by atoms with van der Waals surface area (Å²) in [5.41, 5.74) is 0.497. The Morgan fingerprint density at radius 2 is 1.48 bits per heavy atom. The number of hydrogen-bond acceptors (Lipinski definition) is 3. The molecule has 0 aromatic heterocycles. The maximum atomic E-state index is 11.6. The van der Waals surface area contributed by atoms with Crippen molar-refractivity contribution >= 4 is 19.5 Å². The molecule has 0 fully saturated rings. The number of hydrogen-bond donors (Lipinski definition) is 0. The summed E-state index contributed by atoms with van der Waals surface area (Å²) in [6, 6.07) is 7.86. The minimum Gasteiger partial charge on any atom is -0.488 e. The fourth-order valence-corrected chi connectivity index (χ4v) is 1.72. The first-order chi connectivity index (χ1) is 9.05. The van der Waals surface area contributed by atoms with Gasteiger partial charge in [-0.25, -0.2) is 0 Å². The van der Waals surface area contributed by atoms with Gasteiger partial charge >= 0.3 is 5.97 Å². The van der Waals surface area contributed by atoms with Gasteiger partial charge in [-0.1, -0.05) is 12.1 Å². The molecule has 0 aliphatic rings. The van der Waals surface area contributed by atoms with Crippen molar-refractivity contribution in [1.82, 2.24) is 0 Å². The van der Waals surface area contributed by atoms with E-state index in [1.54, 1.807) is 0 Å². The first kappa shape index (κ1) is 19.8. The van der Waals surface area contributed by atoms with Crippen molar-refractivity contribution in [1.29, 1.82) is 0 Å². The van der Waals surface area contributed by atoms with Crippen LogP contribution in [0.25, 0.3) is 0 Å². The quantitative estimate of drug-likeness (QED) is 0.780. The smallest absolute Gasteiger partial charge is 0.306 e. The highest BCUT2D eigenvalue weighted by Crippen LogP contribution is 2.19. The molecule has 1 aromatic carbocycles. The Morgan fingerprint density at radius 1 is 0.952 bits per heavy atom. The Labute approximate surface area is 135 Å². The van der Waals surface area contributed by atoms with Crippen molar-refractivity contribution in [3.63, 3.8) is 0 Å². The van der Waals surface area contributed by atoms with Crippen LogP contribution >= 0.6 is 13.5 Å². The van der Waals surface area contributed by atoms with Gasteiger partial charge in [0.1, 0.15) is 17.0 Å². The Kier molecular flexibility index (Phi) is 7.31. The SMILES string of the molecule is CC(C)(C)OC(=O)CCc1ccc(OC(C)(C)C)cc1.S. The third kappa shape index (κ3) is 9.40. The second-order valence-electron chi connectivity index (χ2n) is 6.94. The highest BCUT2D eigenvalue weighted by Gasteiger charge is 2.16. The highest BCUT2D eigenvalue weighted by molar-refractivity contribution is 7.59. The van der Waals surface area contributed by atoms with Crippen LogP contribution in [0.15, 0.2) is 24.3 Å². The van der Waals surface area contributed by atoms with Crippen LogP contribution in [0.2, 0.25) is 0 Å². The molecule has 4 heteroatoms. The fraction of sp³-hybridized carbons (Fsp3) is 0.588. The molecule has 3 nitrogen and oxygen atoms in total. The lowest BCUT2D eigenvalue weighted by Crippen LogP contribution is -2.24. The lowest BCUT2D eigenvalue weighted by Gasteiger charge is -2.21. The average Bonchev–Trinajstić information content (AvgIpc) is 2.23. The second-order valence-corrected chi connectivity index (χ2v) is 6.94. The van der Waals surface area contributed by atoms with E-state index in [1.807, 2.05) is 65.8 Å². The first-order valence-electron chi connectivity index (χ1n) is 7.05. The van der Waals surface area contributed by atoms with Crippen LogP contribution in [0.4, 0.5) is 0 Å². The number of benzene rings is 1. The molecule has 0 atom stereocenters. The van der Waals surface area contributed by atoms with Crippen LogP contribution in [-0.2, 0) is 16.0 Å². The zero-order valence-electron chi connectivity index (χ0n) is 13.9. The summed E-state index contributed by atoms with van der Waals surface area (Å²) in [7, 11) is 0. The van der Waals surface area contributed by atoms with E-state index in [1.165, 1.54) is 0 Å². The van der Waals surface area contributed by atoms with Crippen molar-refractivity contribution in [2.75, 3.05) is 0 Å². The maximum absolute atomic E-state index is 11.6. The average molecular weight is 312 g/mol. The summed E-state index contributed by atoms with van der Waals surface area (Å²) in [5.74, 6) is 0.686. The molecule has 0 aliphatic heterocycles. The van der Waals surface area contributed by atoms with Gasteiger partial charge in [0.15, 0.2) is 0 Å². The maximum Gasteiger partial charge on any atom is 0.306 e. The Balaban J connectivity index is 0.00000400. The van der Waals surface area contributed by atoms with Gasteiger partial charge in [0, 0.05) is 6.42 Å². The molecule has 0 radical (unpaired) electrons. The van der Waals surface area contributed by atoms with Crippen molar-refractivity contribution < 1.29 is 14.3 Å². The number of rotatable bonds is 4. The molecule has 0 aliphatic carbocycles. The van der Waals surface area contributed by atoms with Gasteiger partial charge in [0.2, 0.25) is 0 Å². The topological polar surface area (TPSA) is 35.5 Å². The van der Waals surface area contributed by atoms with E-state index in [0.717, 1.165) is 11.3 Å². The van der Waals surface area contributed by atoms with Gasteiger partial charge < -0.3 is 9.47 Å². The van der Waals surface area contributed by atoms with Gasteiger partial charge in [-0.3, -0.25) is 4.79 Å². The molecule has 0 saturated heterocycles. The van der Waals surface area contributed by atoms with E-state index in [4.69, 9.17) is 9.47 Å². The molecular weight excluding hydrogens is 284 g/mol. The predicted molar refractivity (Wildman–Crippen MR) is 91.4 cm³/mol. The fourth-order valence-electron chi connectivity index (χ4n) is 1.72. The minimum absolute atomic E-state index is 0. The van der Waals surface area contributed by atoms with Crippen LogP contribution in [0, 0.1) is 0 Å². The minimum atomic E-state index is -0.415. The number of ether oxygens (including phenoxy) is 2. The molecule has 0 heterocycles. The third-order valence-electron chi connectivity index (χ3n) is 2.39. The van der Waals surface area contributed by atoms with E-state index in [0.29, 0.717) is 12.8 Å². The monoisotopic (exact) mass is 312 g/mol. The van der Waals surface area contributed by atoms with Gasteiger partial charge in [0.25, 0.3) is 0 Å². The van der Waals surface area contributed by atoms with E-state index < -0.39 is 5.60 Å². The summed E-state index contributed by atoms with van der Waals surface area (Å²) in [6.07, 6.45) is 1.08. The van der Waals surface area contributed by atoms with E-state index in [2.05, 4.69) is 0 Å². The first-order valence-corrected chi connectivity index (χ1v) is 7.05. The molecule has 0 saturated carbocycles. The van der Waals surface area contributed by atoms with Crippen LogP contribution in [0.1, 0.15) is 53.5 Å². The third-order valence-corrected chi connectivity index (χ3v) is 2.39. The molecule has 0 amide bonds. The molecule has 0 spiro atoms. The normalized spacial score (nSPS) is 11.5.